The Bertz CT molecular complexity index is 834. The van der Waals surface area contributed by atoms with Crippen LogP contribution in [0.3, 0.4) is 0 Å². The fourth-order valence-corrected chi connectivity index (χ4v) is 5.13. The molecule has 2 amide bonds. The molecule has 1 aromatic rings. The second kappa shape index (κ2) is 4.77. The zero-order valence-electron chi connectivity index (χ0n) is 13.1. The van der Waals surface area contributed by atoms with E-state index in [2.05, 4.69) is 6.07 Å². The summed E-state index contributed by atoms with van der Waals surface area (Å²) in [6.07, 6.45) is -0.413. The number of aliphatic hydroxyl groups excluding tert-OH is 1. The molecule has 2 bridgehead atoms. The number of carbonyl (C=O) groups excluding carboxylic acids is 2. The number of benzene rings is 1. The Labute approximate surface area is 152 Å². The van der Waals surface area contributed by atoms with Gasteiger partial charge in [0.1, 0.15) is 11.7 Å². The van der Waals surface area contributed by atoms with Gasteiger partial charge in [0.25, 0.3) is 0 Å². The van der Waals surface area contributed by atoms with Crippen molar-refractivity contribution in [2.75, 3.05) is 4.90 Å². The summed E-state index contributed by atoms with van der Waals surface area (Å²) in [6, 6.07) is 6.95. The van der Waals surface area contributed by atoms with E-state index in [1.807, 2.05) is 22.6 Å². The Morgan fingerprint density at radius 2 is 2.00 bits per heavy atom. The number of carbonyl (C=O) groups is 2. The van der Waals surface area contributed by atoms with E-state index < -0.39 is 29.1 Å². The SMILES string of the molecule is C[C@@]12O[C@@](C)(C[C@H]1O)[C@@H]1C(=O)N(c3ccc(C#N)c(I)c3)C(=O)[C@H]12. The average Bonchev–Trinajstić information content (AvgIpc) is 3.01. The minimum Gasteiger partial charge on any atom is -0.390 e. The van der Waals surface area contributed by atoms with Crippen molar-refractivity contribution in [2.24, 2.45) is 11.8 Å². The van der Waals surface area contributed by atoms with Crippen LogP contribution in [0.2, 0.25) is 0 Å². The molecule has 5 atom stereocenters. The molecule has 1 N–H and O–H groups in total. The highest BCUT2D eigenvalue weighted by Crippen LogP contribution is 2.60. The van der Waals surface area contributed by atoms with Gasteiger partial charge < -0.3 is 9.84 Å². The molecule has 0 aliphatic carbocycles. The Kier molecular flexibility index (Phi) is 3.18. The van der Waals surface area contributed by atoms with Gasteiger partial charge in [0.2, 0.25) is 11.8 Å². The molecule has 4 rings (SSSR count). The van der Waals surface area contributed by atoms with Gasteiger partial charge in [-0.3, -0.25) is 9.59 Å². The van der Waals surface area contributed by atoms with E-state index in [0.717, 1.165) is 0 Å². The standard InChI is InChI=1S/C17H15IN2O4/c1-16-6-11(21)17(2,24-16)13-12(16)14(22)20(15(13)23)9-4-3-8(7-19)10(18)5-9/h3-5,11-13,21H,6H2,1-2H3/t11-,12+,13+,16+,17-/m1/s1. The Balaban J connectivity index is 1.79. The summed E-state index contributed by atoms with van der Waals surface area (Å²) >= 11 is 2.01. The van der Waals surface area contributed by atoms with Crippen LogP contribution < -0.4 is 4.90 Å². The first-order valence-electron chi connectivity index (χ1n) is 7.68. The lowest BCUT2D eigenvalue weighted by molar-refractivity contribution is -0.132. The molecule has 0 saturated carbocycles. The van der Waals surface area contributed by atoms with Crippen LogP contribution in [-0.4, -0.2) is 34.2 Å². The molecular weight excluding hydrogens is 423 g/mol. The predicted octanol–water partition coefficient (Wildman–Crippen LogP) is 1.58. The van der Waals surface area contributed by atoms with Crippen molar-refractivity contribution in [2.45, 2.75) is 37.6 Å². The maximum Gasteiger partial charge on any atom is 0.240 e. The van der Waals surface area contributed by atoms with Gasteiger partial charge in [0, 0.05) is 9.99 Å². The van der Waals surface area contributed by atoms with Crippen molar-refractivity contribution >= 4 is 40.1 Å². The number of amides is 2. The summed E-state index contributed by atoms with van der Waals surface area (Å²) in [7, 11) is 0. The Morgan fingerprint density at radius 3 is 2.62 bits per heavy atom. The second-order valence-electron chi connectivity index (χ2n) is 7.06. The van der Waals surface area contributed by atoms with Gasteiger partial charge in [0.15, 0.2) is 0 Å². The summed E-state index contributed by atoms with van der Waals surface area (Å²) in [5, 5.41) is 19.4. The number of imide groups is 1. The number of anilines is 1. The van der Waals surface area contributed by atoms with Gasteiger partial charge in [-0.25, -0.2) is 4.90 Å². The van der Waals surface area contributed by atoms with Crippen molar-refractivity contribution in [1.82, 2.24) is 0 Å². The van der Waals surface area contributed by atoms with E-state index in [1.54, 1.807) is 32.0 Å². The van der Waals surface area contributed by atoms with Gasteiger partial charge in [-0.2, -0.15) is 5.26 Å². The third-order valence-electron chi connectivity index (χ3n) is 5.63. The topological polar surface area (TPSA) is 90.6 Å². The average molecular weight is 438 g/mol. The third kappa shape index (κ3) is 1.76. The van der Waals surface area contributed by atoms with Crippen LogP contribution in [-0.2, 0) is 14.3 Å². The molecule has 7 heteroatoms. The minimum atomic E-state index is -1.03. The molecule has 24 heavy (non-hydrogen) atoms. The summed E-state index contributed by atoms with van der Waals surface area (Å²) in [4.78, 5) is 27.2. The lowest BCUT2D eigenvalue weighted by Gasteiger charge is -2.31. The summed E-state index contributed by atoms with van der Waals surface area (Å²) in [5.74, 6) is -1.88. The Morgan fingerprint density at radius 1 is 1.33 bits per heavy atom. The number of hydrogen-bond donors (Lipinski definition) is 1. The van der Waals surface area contributed by atoms with E-state index in [-0.39, 0.29) is 11.8 Å². The molecule has 0 unspecified atom stereocenters. The highest BCUT2D eigenvalue weighted by atomic mass is 127. The van der Waals surface area contributed by atoms with Crippen molar-refractivity contribution in [3.63, 3.8) is 0 Å². The van der Waals surface area contributed by atoms with Gasteiger partial charge in [0.05, 0.1) is 34.8 Å². The summed E-state index contributed by atoms with van der Waals surface area (Å²) < 4.78 is 6.63. The normalized spacial score (nSPS) is 40.1. The largest absolute Gasteiger partial charge is 0.390 e. The number of nitriles is 1. The van der Waals surface area contributed by atoms with Crippen molar-refractivity contribution in [3.05, 3.63) is 27.3 Å². The lowest BCUT2D eigenvalue weighted by Crippen LogP contribution is -2.49. The maximum absolute atomic E-state index is 13.0. The number of rotatable bonds is 1. The first-order valence-corrected chi connectivity index (χ1v) is 8.76. The molecule has 6 nitrogen and oxygen atoms in total. The van der Waals surface area contributed by atoms with Crippen molar-refractivity contribution in [3.8, 4) is 6.07 Å². The fourth-order valence-electron chi connectivity index (χ4n) is 4.51. The van der Waals surface area contributed by atoms with Crippen LogP contribution in [0.4, 0.5) is 5.69 Å². The van der Waals surface area contributed by atoms with Gasteiger partial charge >= 0.3 is 0 Å². The fraction of sp³-hybridized carbons (Fsp3) is 0.471. The number of halogens is 1. The highest BCUT2D eigenvalue weighted by molar-refractivity contribution is 14.1. The number of aliphatic hydroxyl groups is 1. The molecule has 3 heterocycles. The van der Waals surface area contributed by atoms with Crippen LogP contribution in [0.25, 0.3) is 0 Å². The van der Waals surface area contributed by atoms with Crippen LogP contribution >= 0.6 is 22.6 Å². The van der Waals surface area contributed by atoms with Crippen molar-refractivity contribution < 1.29 is 19.4 Å². The van der Waals surface area contributed by atoms with E-state index in [1.165, 1.54) is 4.90 Å². The summed E-state index contributed by atoms with van der Waals surface area (Å²) in [5.41, 5.74) is -0.888. The van der Waals surface area contributed by atoms with Gasteiger partial charge in [-0.05, 0) is 54.6 Å². The molecule has 124 valence electrons. The van der Waals surface area contributed by atoms with Crippen molar-refractivity contribution in [1.29, 1.82) is 5.26 Å². The van der Waals surface area contributed by atoms with Gasteiger partial charge in [-0.15, -0.1) is 0 Å². The van der Waals surface area contributed by atoms with E-state index in [0.29, 0.717) is 21.2 Å². The first-order chi connectivity index (χ1) is 11.2. The maximum atomic E-state index is 13.0. The number of ether oxygens (including phenoxy) is 1. The number of hydrogen-bond acceptors (Lipinski definition) is 5. The van der Waals surface area contributed by atoms with Gasteiger partial charge in [-0.1, -0.05) is 0 Å². The minimum absolute atomic E-state index is 0.288. The number of fused-ring (bicyclic) bond motifs is 5. The Hall–Kier alpha value is -1.50. The predicted molar refractivity (Wildman–Crippen MR) is 91.9 cm³/mol. The molecule has 1 aromatic carbocycles. The molecule has 0 spiro atoms. The first kappa shape index (κ1) is 16.0. The zero-order valence-corrected chi connectivity index (χ0v) is 15.3. The third-order valence-corrected chi connectivity index (χ3v) is 6.52. The van der Waals surface area contributed by atoms with E-state index in [4.69, 9.17) is 10.00 Å². The van der Waals surface area contributed by atoms with Crippen LogP contribution in [0.5, 0.6) is 0 Å². The van der Waals surface area contributed by atoms with Crippen LogP contribution in [0, 0.1) is 26.7 Å². The monoisotopic (exact) mass is 438 g/mol. The highest BCUT2D eigenvalue weighted by Gasteiger charge is 2.75. The van der Waals surface area contributed by atoms with E-state index >= 15 is 0 Å². The zero-order chi connectivity index (χ0) is 17.4. The number of nitrogens with zero attached hydrogens (tertiary/aromatic N) is 2. The molecular formula is C17H15IN2O4. The quantitative estimate of drug-likeness (QED) is 0.531. The molecule has 3 aliphatic heterocycles. The summed E-state index contributed by atoms with van der Waals surface area (Å²) in [6.45, 7) is 3.51. The smallest absolute Gasteiger partial charge is 0.240 e. The molecule has 0 radical (unpaired) electrons. The van der Waals surface area contributed by atoms with E-state index in [9.17, 15) is 14.7 Å². The van der Waals surface area contributed by atoms with Crippen LogP contribution in [0.15, 0.2) is 18.2 Å². The molecule has 3 aliphatic rings. The van der Waals surface area contributed by atoms with Crippen LogP contribution in [0.1, 0.15) is 25.8 Å². The lowest BCUT2D eigenvalue weighted by atomic mass is 9.67. The molecule has 0 aromatic heterocycles. The second-order valence-corrected chi connectivity index (χ2v) is 8.22. The molecule has 3 fully saturated rings. The molecule has 3 saturated heterocycles.